The van der Waals surface area contributed by atoms with Gasteiger partial charge in [0.1, 0.15) is 0 Å². The molecule has 9 heteroatoms. The zero-order chi connectivity index (χ0) is 18.1. The summed E-state index contributed by atoms with van der Waals surface area (Å²) >= 11 is 0. The predicted molar refractivity (Wildman–Crippen MR) is 93.0 cm³/mol. The summed E-state index contributed by atoms with van der Waals surface area (Å²) < 4.78 is 12.6. The molecule has 3 aliphatic rings. The van der Waals surface area contributed by atoms with Gasteiger partial charge in [-0.1, -0.05) is 0 Å². The number of morpholine rings is 1. The number of fused-ring (bicyclic) bond motifs is 2. The predicted octanol–water partition coefficient (Wildman–Crippen LogP) is 0.726. The van der Waals surface area contributed by atoms with Crippen molar-refractivity contribution in [2.45, 2.75) is 37.3 Å². The molecule has 26 heavy (non-hydrogen) atoms. The number of hydrogen-bond donors (Lipinski definition) is 2. The van der Waals surface area contributed by atoms with Crippen LogP contribution in [0.15, 0.2) is 6.20 Å². The van der Waals surface area contributed by atoms with Gasteiger partial charge in [-0.2, -0.15) is 5.10 Å². The molecular weight excluding hydrogens is 338 g/mol. The van der Waals surface area contributed by atoms with E-state index in [0.29, 0.717) is 38.6 Å². The van der Waals surface area contributed by atoms with E-state index in [9.17, 15) is 9.59 Å². The number of carbonyl (C=O) groups excluding carboxylic acids is 2. The van der Waals surface area contributed by atoms with Crippen molar-refractivity contribution in [2.24, 2.45) is 7.05 Å². The molecule has 2 N–H and O–H groups in total. The maximum Gasteiger partial charge on any atom is 0.319 e. The highest BCUT2D eigenvalue weighted by molar-refractivity contribution is 6.02. The second-order valence-corrected chi connectivity index (χ2v) is 7.36. The summed E-state index contributed by atoms with van der Waals surface area (Å²) in [5, 5.41) is 10.1. The third-order valence-corrected chi connectivity index (χ3v) is 5.35. The average Bonchev–Trinajstić information content (AvgIpc) is 3.13. The van der Waals surface area contributed by atoms with E-state index in [2.05, 4.69) is 15.7 Å². The van der Waals surface area contributed by atoms with Gasteiger partial charge in [-0.05, 0) is 25.7 Å². The molecule has 1 saturated carbocycles. The Morgan fingerprint density at radius 1 is 1.35 bits per heavy atom. The van der Waals surface area contributed by atoms with Crippen LogP contribution in [0.1, 0.15) is 36.2 Å². The van der Waals surface area contributed by atoms with Crippen LogP contribution in [0.3, 0.4) is 0 Å². The second-order valence-electron chi connectivity index (χ2n) is 7.36. The maximum atomic E-state index is 12.7. The number of anilines is 1. The first kappa shape index (κ1) is 17.3. The molecule has 0 radical (unpaired) electrons. The third kappa shape index (κ3) is 3.41. The molecular formula is C17H25N5O4. The van der Waals surface area contributed by atoms with Gasteiger partial charge in [0.15, 0.2) is 5.69 Å². The highest BCUT2D eigenvalue weighted by atomic mass is 16.5. The molecule has 3 amide bonds. The van der Waals surface area contributed by atoms with Gasteiger partial charge in [0.25, 0.3) is 5.91 Å². The molecule has 142 valence electrons. The lowest BCUT2D eigenvalue weighted by Gasteiger charge is -2.31. The third-order valence-electron chi connectivity index (χ3n) is 5.35. The zero-order valence-corrected chi connectivity index (χ0v) is 15.0. The second kappa shape index (κ2) is 6.88. The molecule has 0 spiro atoms. The highest BCUT2D eigenvalue weighted by Crippen LogP contribution is 2.36. The SMILES string of the molecule is Cn1cc(NC(=O)NC23CCCC(C2)OC3)c(C(=O)N2CCOCC2)n1. The van der Waals surface area contributed by atoms with Gasteiger partial charge in [-0.15, -0.1) is 0 Å². The fourth-order valence-corrected chi connectivity index (χ4v) is 4.06. The minimum Gasteiger partial charge on any atom is -0.378 e. The summed E-state index contributed by atoms with van der Waals surface area (Å²) in [4.78, 5) is 27.0. The fraction of sp³-hybridized carbons (Fsp3) is 0.706. The molecule has 0 aromatic carbocycles. The zero-order valence-electron chi connectivity index (χ0n) is 15.0. The van der Waals surface area contributed by atoms with E-state index < -0.39 is 0 Å². The first-order chi connectivity index (χ1) is 12.5. The van der Waals surface area contributed by atoms with Crippen LogP contribution in [0.5, 0.6) is 0 Å². The van der Waals surface area contributed by atoms with Crippen molar-refractivity contribution in [1.29, 1.82) is 0 Å². The smallest absolute Gasteiger partial charge is 0.319 e. The summed E-state index contributed by atoms with van der Waals surface area (Å²) in [6.45, 7) is 2.65. The number of rotatable bonds is 3. The Kier molecular flexibility index (Phi) is 4.58. The van der Waals surface area contributed by atoms with Crippen LogP contribution in [0, 0.1) is 0 Å². The summed E-state index contributed by atoms with van der Waals surface area (Å²) in [5.41, 5.74) is 0.388. The largest absolute Gasteiger partial charge is 0.378 e. The van der Waals surface area contributed by atoms with Gasteiger partial charge in [-0.3, -0.25) is 9.48 Å². The van der Waals surface area contributed by atoms with Crippen molar-refractivity contribution in [3.8, 4) is 0 Å². The number of ether oxygens (including phenoxy) is 2. The number of amides is 3. The van der Waals surface area contributed by atoms with Crippen molar-refractivity contribution in [3.63, 3.8) is 0 Å². The lowest BCUT2D eigenvalue weighted by molar-refractivity contribution is 0.0299. The van der Waals surface area contributed by atoms with Gasteiger partial charge in [0.2, 0.25) is 0 Å². The van der Waals surface area contributed by atoms with Crippen molar-refractivity contribution >= 4 is 17.6 Å². The first-order valence-electron chi connectivity index (χ1n) is 9.16. The van der Waals surface area contributed by atoms with Crippen molar-refractivity contribution < 1.29 is 19.1 Å². The summed E-state index contributed by atoms with van der Waals surface area (Å²) in [7, 11) is 1.73. The van der Waals surface area contributed by atoms with Crippen LogP contribution in [0.2, 0.25) is 0 Å². The Labute approximate surface area is 152 Å². The number of nitrogens with zero attached hydrogens (tertiary/aromatic N) is 3. The quantitative estimate of drug-likeness (QED) is 0.825. The first-order valence-corrected chi connectivity index (χ1v) is 9.16. The van der Waals surface area contributed by atoms with Crippen molar-refractivity contribution in [1.82, 2.24) is 20.0 Å². The van der Waals surface area contributed by atoms with Crippen LogP contribution in [0.4, 0.5) is 10.5 Å². The Balaban J connectivity index is 1.44. The number of hydrogen-bond acceptors (Lipinski definition) is 5. The van der Waals surface area contributed by atoms with Gasteiger partial charge in [0.05, 0.1) is 37.2 Å². The van der Waals surface area contributed by atoms with Gasteiger partial charge in [-0.25, -0.2) is 4.79 Å². The van der Waals surface area contributed by atoms with Crippen LogP contribution < -0.4 is 10.6 Å². The van der Waals surface area contributed by atoms with Crippen molar-refractivity contribution in [3.05, 3.63) is 11.9 Å². The number of nitrogens with one attached hydrogen (secondary N) is 2. The van der Waals surface area contributed by atoms with E-state index in [0.717, 1.165) is 25.7 Å². The van der Waals surface area contributed by atoms with Gasteiger partial charge in [0, 0.05) is 26.3 Å². The molecule has 2 aliphatic heterocycles. The molecule has 2 saturated heterocycles. The Hall–Kier alpha value is -2.13. The molecule has 4 rings (SSSR count). The molecule has 9 nitrogen and oxygen atoms in total. The van der Waals surface area contributed by atoms with Crippen LogP contribution >= 0.6 is 0 Å². The fourth-order valence-electron chi connectivity index (χ4n) is 4.06. The molecule has 1 aromatic heterocycles. The van der Waals surface area contributed by atoms with Crippen molar-refractivity contribution in [2.75, 3.05) is 38.2 Å². The Bertz CT molecular complexity index is 695. The van der Waals surface area contributed by atoms with E-state index >= 15 is 0 Å². The summed E-state index contributed by atoms with van der Waals surface area (Å²) in [5.74, 6) is -0.190. The van der Waals surface area contributed by atoms with E-state index in [1.54, 1.807) is 18.1 Å². The number of urea groups is 1. The monoisotopic (exact) mass is 363 g/mol. The summed E-state index contributed by atoms with van der Waals surface area (Å²) in [6.07, 6.45) is 5.79. The lowest BCUT2D eigenvalue weighted by atomic mass is 9.83. The normalized spacial score (nSPS) is 28.0. The lowest BCUT2D eigenvalue weighted by Crippen LogP contribution is -2.51. The van der Waals surface area contributed by atoms with E-state index in [1.807, 2.05) is 0 Å². The van der Waals surface area contributed by atoms with Crippen LogP contribution in [-0.2, 0) is 16.5 Å². The van der Waals surface area contributed by atoms with E-state index in [-0.39, 0.29) is 29.3 Å². The highest BCUT2D eigenvalue weighted by Gasteiger charge is 2.44. The molecule has 3 fully saturated rings. The molecule has 1 aromatic rings. The molecule has 2 unspecified atom stereocenters. The Morgan fingerprint density at radius 2 is 2.15 bits per heavy atom. The minimum absolute atomic E-state index is 0.190. The van der Waals surface area contributed by atoms with E-state index in [1.165, 1.54) is 4.68 Å². The van der Waals surface area contributed by atoms with Gasteiger partial charge >= 0.3 is 6.03 Å². The topological polar surface area (TPSA) is 97.7 Å². The van der Waals surface area contributed by atoms with Gasteiger partial charge < -0.3 is 25.0 Å². The summed E-state index contributed by atoms with van der Waals surface area (Å²) in [6, 6.07) is -0.319. The Morgan fingerprint density at radius 3 is 2.96 bits per heavy atom. The molecule has 2 atom stereocenters. The minimum atomic E-state index is -0.319. The molecule has 3 heterocycles. The van der Waals surface area contributed by atoms with Crippen LogP contribution in [0.25, 0.3) is 0 Å². The van der Waals surface area contributed by atoms with Crippen LogP contribution in [-0.4, -0.2) is 71.2 Å². The number of aromatic nitrogens is 2. The average molecular weight is 363 g/mol. The number of aryl methyl sites for hydroxylation is 1. The van der Waals surface area contributed by atoms with E-state index in [4.69, 9.17) is 9.47 Å². The standard InChI is InChI=1S/C17H25N5O4/c1-21-10-13(14(20-21)15(23)22-5-7-25-8-6-22)18-16(24)19-17-4-2-3-12(9-17)26-11-17/h10,12H,2-9,11H2,1H3,(H2,18,19,24). The number of carbonyl (C=O) groups is 2. The molecule has 2 bridgehead atoms. The molecule has 1 aliphatic carbocycles. The maximum absolute atomic E-state index is 12.7.